The van der Waals surface area contributed by atoms with Crippen molar-refractivity contribution in [2.24, 2.45) is 5.92 Å². The molecule has 1 fully saturated rings. The quantitative estimate of drug-likeness (QED) is 0.883. The van der Waals surface area contributed by atoms with Gasteiger partial charge in [-0.2, -0.15) is 0 Å². The number of carbonyl (C=O) groups is 1. The van der Waals surface area contributed by atoms with Crippen molar-refractivity contribution in [3.8, 4) is 0 Å². The fraction of sp³-hybridized carbons (Fsp3) is 0.474. The van der Waals surface area contributed by atoms with E-state index in [4.69, 9.17) is 9.84 Å². The van der Waals surface area contributed by atoms with Crippen LogP contribution in [0.2, 0.25) is 0 Å². The standard InChI is InChI=1S/C19H24N2O3/c1-14-4-5-16(19-17(14)3-2-8-20-19)11-21-9-6-15(7-10-21)12-24-13-18(22)23/h2-5,8,15H,6-7,9-13H2,1H3,(H,22,23). The molecule has 1 aliphatic rings. The van der Waals surface area contributed by atoms with E-state index >= 15 is 0 Å². The zero-order chi connectivity index (χ0) is 16.9. The van der Waals surface area contributed by atoms with Gasteiger partial charge in [-0.05, 0) is 56.0 Å². The normalized spacial score (nSPS) is 16.5. The lowest BCUT2D eigenvalue weighted by Gasteiger charge is -2.32. The van der Waals surface area contributed by atoms with Crippen molar-refractivity contribution < 1.29 is 14.6 Å². The van der Waals surface area contributed by atoms with Crippen LogP contribution in [0.1, 0.15) is 24.0 Å². The van der Waals surface area contributed by atoms with Crippen LogP contribution in [0.3, 0.4) is 0 Å². The van der Waals surface area contributed by atoms with Gasteiger partial charge in [0.15, 0.2) is 0 Å². The molecule has 2 heterocycles. The molecule has 3 rings (SSSR count). The van der Waals surface area contributed by atoms with E-state index in [1.807, 2.05) is 12.3 Å². The van der Waals surface area contributed by atoms with E-state index < -0.39 is 5.97 Å². The summed E-state index contributed by atoms with van der Waals surface area (Å²) in [6.45, 7) is 5.43. The first-order valence-corrected chi connectivity index (χ1v) is 8.48. The van der Waals surface area contributed by atoms with E-state index in [9.17, 15) is 4.79 Å². The van der Waals surface area contributed by atoms with E-state index in [1.54, 1.807) is 0 Å². The van der Waals surface area contributed by atoms with Gasteiger partial charge >= 0.3 is 5.97 Å². The first-order valence-electron chi connectivity index (χ1n) is 8.48. The summed E-state index contributed by atoms with van der Waals surface area (Å²) in [4.78, 5) is 17.5. The molecule has 0 unspecified atom stereocenters. The summed E-state index contributed by atoms with van der Waals surface area (Å²) in [5.74, 6) is -0.431. The number of aryl methyl sites for hydroxylation is 1. The molecule has 2 aromatic rings. The molecule has 24 heavy (non-hydrogen) atoms. The molecule has 0 radical (unpaired) electrons. The van der Waals surface area contributed by atoms with Gasteiger partial charge in [0, 0.05) is 18.1 Å². The monoisotopic (exact) mass is 328 g/mol. The Hall–Kier alpha value is -1.98. The van der Waals surface area contributed by atoms with E-state index in [1.165, 1.54) is 16.5 Å². The first kappa shape index (κ1) is 16.9. The number of hydrogen-bond acceptors (Lipinski definition) is 4. The molecule has 0 amide bonds. The summed E-state index contributed by atoms with van der Waals surface area (Å²) in [5, 5.41) is 9.84. The van der Waals surface area contributed by atoms with Crippen LogP contribution in [0.25, 0.3) is 10.9 Å². The number of carboxylic acid groups (broad SMARTS) is 1. The fourth-order valence-corrected chi connectivity index (χ4v) is 3.37. The van der Waals surface area contributed by atoms with Gasteiger partial charge in [-0.25, -0.2) is 4.79 Å². The number of aromatic nitrogens is 1. The summed E-state index contributed by atoms with van der Waals surface area (Å²) < 4.78 is 5.23. The van der Waals surface area contributed by atoms with Crippen molar-refractivity contribution in [1.82, 2.24) is 9.88 Å². The lowest BCUT2D eigenvalue weighted by Crippen LogP contribution is -2.35. The third-order valence-electron chi connectivity index (χ3n) is 4.75. The summed E-state index contributed by atoms with van der Waals surface area (Å²) in [5.41, 5.74) is 3.64. The minimum absolute atomic E-state index is 0.193. The van der Waals surface area contributed by atoms with E-state index in [0.717, 1.165) is 38.0 Å². The number of aliphatic carboxylic acids is 1. The Kier molecular flexibility index (Phi) is 5.43. The van der Waals surface area contributed by atoms with Gasteiger partial charge in [-0.15, -0.1) is 0 Å². The Morgan fingerprint density at radius 1 is 1.33 bits per heavy atom. The molecule has 0 saturated carbocycles. The van der Waals surface area contributed by atoms with Crippen LogP contribution in [-0.2, 0) is 16.1 Å². The maximum atomic E-state index is 10.5. The molecule has 1 aliphatic heterocycles. The molecule has 5 heteroatoms. The number of fused-ring (bicyclic) bond motifs is 1. The molecule has 0 aliphatic carbocycles. The third kappa shape index (κ3) is 4.10. The molecule has 1 aromatic heterocycles. The molecule has 1 aromatic carbocycles. The highest BCUT2D eigenvalue weighted by Crippen LogP contribution is 2.24. The minimum Gasteiger partial charge on any atom is -0.480 e. The molecular weight excluding hydrogens is 304 g/mol. The van der Waals surface area contributed by atoms with Gasteiger partial charge in [0.1, 0.15) is 6.61 Å². The lowest BCUT2D eigenvalue weighted by atomic mass is 9.97. The molecule has 1 N–H and O–H groups in total. The zero-order valence-corrected chi connectivity index (χ0v) is 14.1. The number of rotatable bonds is 6. The molecule has 0 atom stereocenters. The van der Waals surface area contributed by atoms with Gasteiger partial charge in [0.2, 0.25) is 0 Å². The van der Waals surface area contributed by atoms with Gasteiger partial charge in [0.25, 0.3) is 0 Å². The second-order valence-electron chi connectivity index (χ2n) is 6.57. The number of hydrogen-bond donors (Lipinski definition) is 1. The number of likely N-dealkylation sites (tertiary alicyclic amines) is 1. The van der Waals surface area contributed by atoms with E-state index in [0.29, 0.717) is 12.5 Å². The van der Waals surface area contributed by atoms with Crippen LogP contribution in [-0.4, -0.2) is 47.3 Å². The molecule has 0 bridgehead atoms. The van der Waals surface area contributed by atoms with Crippen LogP contribution in [0.5, 0.6) is 0 Å². The molecule has 5 nitrogen and oxygen atoms in total. The van der Waals surface area contributed by atoms with E-state index in [2.05, 4.69) is 35.0 Å². The van der Waals surface area contributed by atoms with Crippen molar-refractivity contribution in [2.45, 2.75) is 26.3 Å². The third-order valence-corrected chi connectivity index (χ3v) is 4.75. The van der Waals surface area contributed by atoms with Crippen LogP contribution >= 0.6 is 0 Å². The predicted octanol–water partition coefficient (Wildman–Crippen LogP) is 2.86. The Morgan fingerprint density at radius 3 is 2.88 bits per heavy atom. The average Bonchev–Trinajstić information content (AvgIpc) is 2.59. The molecular formula is C19H24N2O3. The average molecular weight is 328 g/mol. The predicted molar refractivity (Wildman–Crippen MR) is 92.9 cm³/mol. The van der Waals surface area contributed by atoms with Crippen LogP contribution < -0.4 is 0 Å². The highest BCUT2D eigenvalue weighted by molar-refractivity contribution is 5.84. The van der Waals surface area contributed by atoms with Crippen molar-refractivity contribution in [3.05, 3.63) is 41.6 Å². The SMILES string of the molecule is Cc1ccc(CN2CCC(COCC(=O)O)CC2)c2ncccc12. The van der Waals surface area contributed by atoms with Crippen molar-refractivity contribution in [3.63, 3.8) is 0 Å². The Balaban J connectivity index is 1.57. The lowest BCUT2D eigenvalue weighted by molar-refractivity contribution is -0.142. The Bertz CT molecular complexity index is 709. The molecule has 128 valence electrons. The number of ether oxygens (including phenoxy) is 1. The molecule has 1 saturated heterocycles. The zero-order valence-electron chi connectivity index (χ0n) is 14.1. The molecule has 0 spiro atoms. The highest BCUT2D eigenvalue weighted by atomic mass is 16.5. The number of nitrogens with zero attached hydrogens (tertiary/aromatic N) is 2. The van der Waals surface area contributed by atoms with Crippen molar-refractivity contribution in [1.29, 1.82) is 0 Å². The summed E-state index contributed by atoms with van der Waals surface area (Å²) in [6, 6.07) is 8.48. The maximum absolute atomic E-state index is 10.5. The topological polar surface area (TPSA) is 62.7 Å². The van der Waals surface area contributed by atoms with Crippen LogP contribution in [0, 0.1) is 12.8 Å². The number of carboxylic acids is 1. The number of pyridine rings is 1. The minimum atomic E-state index is -0.897. The summed E-state index contributed by atoms with van der Waals surface area (Å²) in [6.07, 6.45) is 3.96. The smallest absolute Gasteiger partial charge is 0.329 e. The van der Waals surface area contributed by atoms with Gasteiger partial charge < -0.3 is 9.84 Å². The van der Waals surface area contributed by atoms with E-state index in [-0.39, 0.29) is 6.61 Å². The summed E-state index contributed by atoms with van der Waals surface area (Å²) >= 11 is 0. The van der Waals surface area contributed by atoms with Crippen molar-refractivity contribution >= 4 is 16.9 Å². The highest BCUT2D eigenvalue weighted by Gasteiger charge is 2.20. The first-order chi connectivity index (χ1) is 11.6. The van der Waals surface area contributed by atoms with Crippen LogP contribution in [0.4, 0.5) is 0 Å². The van der Waals surface area contributed by atoms with Gasteiger partial charge in [-0.1, -0.05) is 18.2 Å². The fourth-order valence-electron chi connectivity index (χ4n) is 3.37. The second-order valence-corrected chi connectivity index (χ2v) is 6.57. The van der Waals surface area contributed by atoms with Gasteiger partial charge in [-0.3, -0.25) is 9.88 Å². The summed E-state index contributed by atoms with van der Waals surface area (Å²) in [7, 11) is 0. The van der Waals surface area contributed by atoms with Gasteiger partial charge in [0.05, 0.1) is 12.1 Å². The second kappa shape index (κ2) is 7.73. The Morgan fingerprint density at radius 2 is 2.12 bits per heavy atom. The maximum Gasteiger partial charge on any atom is 0.329 e. The largest absolute Gasteiger partial charge is 0.480 e. The van der Waals surface area contributed by atoms with Crippen LogP contribution in [0.15, 0.2) is 30.5 Å². The Labute approximate surface area is 142 Å². The number of piperidine rings is 1. The number of benzene rings is 1. The van der Waals surface area contributed by atoms with Crippen molar-refractivity contribution in [2.75, 3.05) is 26.3 Å².